The molecule has 1 fully saturated rings. The Balaban J connectivity index is 2.40. The lowest BCUT2D eigenvalue weighted by atomic mass is 10.2. The first kappa shape index (κ1) is 10.0. The summed E-state index contributed by atoms with van der Waals surface area (Å²) in [6.07, 6.45) is 3.18. The molecule has 1 heterocycles. The third kappa shape index (κ3) is 2.44. The van der Waals surface area contributed by atoms with Crippen molar-refractivity contribution in [3.05, 3.63) is 0 Å². The average molecular weight is 185 g/mol. The third-order valence-electron chi connectivity index (χ3n) is 2.15. The molecule has 1 saturated heterocycles. The van der Waals surface area contributed by atoms with E-state index >= 15 is 0 Å². The van der Waals surface area contributed by atoms with Crippen LogP contribution in [-0.4, -0.2) is 36.5 Å². The van der Waals surface area contributed by atoms with Gasteiger partial charge < -0.3 is 9.64 Å². The SMILES string of the molecule is CCCOC(=O)[C@@H]1CCCN1C=O. The monoisotopic (exact) mass is 185 g/mol. The molecule has 0 aromatic carbocycles. The lowest BCUT2D eigenvalue weighted by Crippen LogP contribution is -2.36. The summed E-state index contributed by atoms with van der Waals surface area (Å²) >= 11 is 0. The highest BCUT2D eigenvalue weighted by Gasteiger charge is 2.30. The quantitative estimate of drug-likeness (QED) is 0.475. The van der Waals surface area contributed by atoms with Gasteiger partial charge in [-0.05, 0) is 19.3 Å². The van der Waals surface area contributed by atoms with Crippen LogP contribution in [0.5, 0.6) is 0 Å². The van der Waals surface area contributed by atoms with Gasteiger partial charge in [0.2, 0.25) is 6.41 Å². The number of esters is 1. The topological polar surface area (TPSA) is 46.6 Å². The molecule has 4 heteroatoms. The van der Waals surface area contributed by atoms with Crippen molar-refractivity contribution in [3.8, 4) is 0 Å². The zero-order valence-electron chi connectivity index (χ0n) is 7.86. The van der Waals surface area contributed by atoms with E-state index in [9.17, 15) is 9.59 Å². The Hall–Kier alpha value is -1.06. The predicted molar refractivity (Wildman–Crippen MR) is 47.0 cm³/mol. The van der Waals surface area contributed by atoms with Gasteiger partial charge in [0, 0.05) is 6.54 Å². The Bertz CT molecular complexity index is 193. The fourth-order valence-electron chi connectivity index (χ4n) is 1.47. The summed E-state index contributed by atoms with van der Waals surface area (Å²) in [7, 11) is 0. The van der Waals surface area contributed by atoms with Crippen molar-refractivity contribution in [3.63, 3.8) is 0 Å². The lowest BCUT2D eigenvalue weighted by Gasteiger charge is -2.17. The van der Waals surface area contributed by atoms with Crippen molar-refractivity contribution < 1.29 is 14.3 Å². The largest absolute Gasteiger partial charge is 0.464 e. The third-order valence-corrected chi connectivity index (χ3v) is 2.15. The maximum Gasteiger partial charge on any atom is 0.328 e. The standard InChI is InChI=1S/C9H15NO3/c1-2-6-13-9(12)8-4-3-5-10(8)7-11/h7-8H,2-6H2,1H3/t8-/m0/s1. The van der Waals surface area contributed by atoms with Gasteiger partial charge in [0.15, 0.2) is 0 Å². The molecule has 1 aliphatic heterocycles. The van der Waals surface area contributed by atoms with Crippen molar-refractivity contribution in [2.24, 2.45) is 0 Å². The number of hydrogen-bond donors (Lipinski definition) is 0. The van der Waals surface area contributed by atoms with Crippen molar-refractivity contribution in [1.29, 1.82) is 0 Å². The Labute approximate surface area is 77.8 Å². The smallest absolute Gasteiger partial charge is 0.328 e. The Morgan fingerprint density at radius 1 is 1.69 bits per heavy atom. The van der Waals surface area contributed by atoms with Gasteiger partial charge in [-0.1, -0.05) is 6.92 Å². The molecule has 13 heavy (non-hydrogen) atoms. The normalized spacial score (nSPS) is 21.6. The van der Waals surface area contributed by atoms with Crippen LogP contribution in [0.3, 0.4) is 0 Å². The van der Waals surface area contributed by atoms with E-state index in [1.807, 2.05) is 6.92 Å². The summed E-state index contributed by atoms with van der Waals surface area (Å²) in [6, 6.07) is -0.330. The number of amides is 1. The van der Waals surface area contributed by atoms with Gasteiger partial charge in [0.25, 0.3) is 0 Å². The molecule has 0 N–H and O–H groups in total. The number of likely N-dealkylation sites (tertiary alicyclic amines) is 1. The number of carbonyl (C=O) groups is 2. The number of ether oxygens (including phenoxy) is 1. The van der Waals surface area contributed by atoms with E-state index in [-0.39, 0.29) is 12.0 Å². The molecular formula is C9H15NO3. The first-order valence-electron chi connectivity index (χ1n) is 4.67. The molecule has 0 aliphatic carbocycles. The van der Waals surface area contributed by atoms with Crippen molar-refractivity contribution in [2.45, 2.75) is 32.2 Å². The minimum absolute atomic E-state index is 0.258. The average Bonchev–Trinajstić information content (AvgIpc) is 2.61. The molecule has 0 bridgehead atoms. The molecule has 1 atom stereocenters. The zero-order valence-corrected chi connectivity index (χ0v) is 7.86. The predicted octanol–water partition coefficient (Wildman–Crippen LogP) is 0.560. The molecule has 0 aromatic heterocycles. The van der Waals surface area contributed by atoms with Crippen LogP contribution in [0.15, 0.2) is 0 Å². The molecule has 0 radical (unpaired) electrons. The van der Waals surface area contributed by atoms with E-state index in [1.54, 1.807) is 0 Å². The Kier molecular flexibility index (Phi) is 3.73. The van der Waals surface area contributed by atoms with Crippen LogP contribution in [0.25, 0.3) is 0 Å². The van der Waals surface area contributed by atoms with Gasteiger partial charge in [-0.25, -0.2) is 4.79 Å². The van der Waals surface area contributed by atoms with Crippen LogP contribution >= 0.6 is 0 Å². The first-order valence-corrected chi connectivity index (χ1v) is 4.67. The summed E-state index contributed by atoms with van der Waals surface area (Å²) < 4.78 is 4.97. The van der Waals surface area contributed by atoms with Crippen LogP contribution in [0.2, 0.25) is 0 Å². The van der Waals surface area contributed by atoms with Crippen molar-refractivity contribution >= 4 is 12.4 Å². The van der Waals surface area contributed by atoms with Crippen molar-refractivity contribution in [2.75, 3.05) is 13.2 Å². The fraction of sp³-hybridized carbons (Fsp3) is 0.778. The molecule has 1 rings (SSSR count). The van der Waals surface area contributed by atoms with Crippen molar-refractivity contribution in [1.82, 2.24) is 4.90 Å². The lowest BCUT2D eigenvalue weighted by molar-refractivity contribution is -0.150. The Morgan fingerprint density at radius 2 is 2.46 bits per heavy atom. The van der Waals surface area contributed by atoms with Gasteiger partial charge in [-0.15, -0.1) is 0 Å². The van der Waals surface area contributed by atoms with Gasteiger partial charge in [0.1, 0.15) is 6.04 Å². The van der Waals surface area contributed by atoms with Crippen LogP contribution in [0.4, 0.5) is 0 Å². The highest BCUT2D eigenvalue weighted by molar-refractivity contribution is 5.78. The molecule has 1 aliphatic rings. The second-order valence-electron chi connectivity index (χ2n) is 3.17. The minimum atomic E-state index is -0.330. The van der Waals surface area contributed by atoms with Gasteiger partial charge in [-0.3, -0.25) is 4.79 Å². The van der Waals surface area contributed by atoms with Crippen LogP contribution in [-0.2, 0) is 14.3 Å². The van der Waals surface area contributed by atoms with E-state index in [0.29, 0.717) is 13.2 Å². The second kappa shape index (κ2) is 4.84. The van der Waals surface area contributed by atoms with Gasteiger partial charge in [0.05, 0.1) is 6.61 Å². The summed E-state index contributed by atoms with van der Waals surface area (Å²) in [5.74, 6) is -0.258. The van der Waals surface area contributed by atoms with E-state index < -0.39 is 0 Å². The molecule has 4 nitrogen and oxygen atoms in total. The summed E-state index contributed by atoms with van der Waals surface area (Å²) in [6.45, 7) is 3.07. The van der Waals surface area contributed by atoms with E-state index in [0.717, 1.165) is 25.7 Å². The molecule has 0 spiro atoms. The second-order valence-corrected chi connectivity index (χ2v) is 3.17. The summed E-state index contributed by atoms with van der Waals surface area (Å²) in [4.78, 5) is 23.4. The summed E-state index contributed by atoms with van der Waals surface area (Å²) in [5, 5.41) is 0. The molecule has 0 unspecified atom stereocenters. The van der Waals surface area contributed by atoms with E-state index in [4.69, 9.17) is 4.74 Å². The van der Waals surface area contributed by atoms with Gasteiger partial charge >= 0.3 is 5.97 Å². The van der Waals surface area contributed by atoms with Crippen LogP contribution < -0.4 is 0 Å². The minimum Gasteiger partial charge on any atom is -0.464 e. The fourth-order valence-corrected chi connectivity index (χ4v) is 1.47. The van der Waals surface area contributed by atoms with E-state index in [1.165, 1.54) is 4.90 Å². The highest BCUT2D eigenvalue weighted by atomic mass is 16.5. The Morgan fingerprint density at radius 3 is 3.08 bits per heavy atom. The molecule has 1 amide bonds. The molecule has 0 aromatic rings. The van der Waals surface area contributed by atoms with Gasteiger partial charge in [-0.2, -0.15) is 0 Å². The maximum atomic E-state index is 11.4. The van der Waals surface area contributed by atoms with Crippen LogP contribution in [0, 0.1) is 0 Å². The number of rotatable bonds is 4. The van der Waals surface area contributed by atoms with Crippen LogP contribution in [0.1, 0.15) is 26.2 Å². The number of carbonyl (C=O) groups excluding carboxylic acids is 2. The number of hydrogen-bond acceptors (Lipinski definition) is 3. The highest BCUT2D eigenvalue weighted by Crippen LogP contribution is 2.16. The first-order chi connectivity index (χ1) is 6.29. The summed E-state index contributed by atoms with van der Waals surface area (Å²) in [5.41, 5.74) is 0. The van der Waals surface area contributed by atoms with E-state index in [2.05, 4.69) is 0 Å². The molecule has 74 valence electrons. The molecular weight excluding hydrogens is 170 g/mol. The zero-order chi connectivity index (χ0) is 9.68. The number of nitrogens with zero attached hydrogens (tertiary/aromatic N) is 1. The maximum absolute atomic E-state index is 11.4. The molecule has 0 saturated carbocycles.